The zero-order valence-electron chi connectivity index (χ0n) is 22.0. The first-order valence-corrected chi connectivity index (χ1v) is 13.5. The molecule has 4 aromatic rings. The van der Waals surface area contributed by atoms with Gasteiger partial charge in [-0.15, -0.1) is 0 Å². The molecular weight excluding hydrogens is 474 g/mol. The van der Waals surface area contributed by atoms with Gasteiger partial charge < -0.3 is 20.2 Å². The number of aromatic amines is 2. The lowest BCUT2D eigenvalue weighted by Crippen LogP contribution is -2.40. The molecule has 1 aliphatic carbocycles. The van der Waals surface area contributed by atoms with Gasteiger partial charge in [-0.1, -0.05) is 42.5 Å². The maximum Gasteiger partial charge on any atom is 0.254 e. The largest absolute Gasteiger partial charge is 0.347 e. The number of nitrogens with one attached hydrogen (secondary N) is 3. The van der Waals surface area contributed by atoms with Gasteiger partial charge in [0.1, 0.15) is 11.6 Å². The molecule has 1 saturated carbocycles. The van der Waals surface area contributed by atoms with Crippen LogP contribution in [0, 0.1) is 0 Å². The molecule has 0 aliphatic heterocycles. The third kappa shape index (κ3) is 6.96. The van der Waals surface area contributed by atoms with Gasteiger partial charge in [0.2, 0.25) is 0 Å². The fraction of sp³-hybridized carbons (Fsp3) is 0.367. The Morgan fingerprint density at radius 2 is 1.47 bits per heavy atom. The van der Waals surface area contributed by atoms with Crippen molar-refractivity contribution in [1.82, 2.24) is 35.1 Å². The minimum atomic E-state index is -0.0461. The van der Waals surface area contributed by atoms with Crippen LogP contribution >= 0.6 is 0 Å². The Morgan fingerprint density at radius 3 is 2.05 bits per heavy atom. The summed E-state index contributed by atoms with van der Waals surface area (Å²) in [6, 6.07) is 19.8. The number of imidazole rings is 2. The zero-order chi connectivity index (χ0) is 26.2. The highest BCUT2D eigenvalue weighted by atomic mass is 16.2. The normalized spacial score (nSPS) is 17.5. The molecule has 0 unspecified atom stereocenters. The summed E-state index contributed by atoms with van der Waals surface area (Å²) in [7, 11) is 2.25. The maximum atomic E-state index is 13.3. The third-order valence-corrected chi connectivity index (χ3v) is 7.47. The van der Waals surface area contributed by atoms with E-state index in [1.807, 2.05) is 12.1 Å². The van der Waals surface area contributed by atoms with Gasteiger partial charge in [-0.2, -0.15) is 0 Å². The number of carbonyl (C=O) groups is 1. The monoisotopic (exact) mass is 511 g/mol. The standard InChI is InChI=1S/C30H37N7O/c1-36(20-24-5-3-2-4-6-24)27-13-11-26(12-14-27)35-19-23-7-9-25(10-8-23)30(38)37(21-28-31-15-16-32-28)22-29-33-17-18-34-29/h2-10,15-18,26-27,35H,11-14,19-22H2,1H3,(H,31,32)(H,33,34). The second-order valence-electron chi connectivity index (χ2n) is 10.2. The van der Waals surface area contributed by atoms with Crippen LogP contribution in [0.1, 0.15) is 58.8 Å². The number of nitrogens with zero attached hydrogens (tertiary/aromatic N) is 4. The number of benzene rings is 2. The molecule has 2 aromatic carbocycles. The van der Waals surface area contributed by atoms with Crippen molar-refractivity contribution >= 4 is 5.91 Å². The second-order valence-corrected chi connectivity index (χ2v) is 10.2. The Labute approximate surface area is 224 Å². The van der Waals surface area contributed by atoms with Crippen molar-refractivity contribution in [2.75, 3.05) is 7.05 Å². The van der Waals surface area contributed by atoms with Crippen LogP contribution in [0.2, 0.25) is 0 Å². The highest BCUT2D eigenvalue weighted by Crippen LogP contribution is 2.24. The van der Waals surface area contributed by atoms with Crippen molar-refractivity contribution in [2.24, 2.45) is 0 Å². The molecule has 8 heteroatoms. The third-order valence-electron chi connectivity index (χ3n) is 7.47. The van der Waals surface area contributed by atoms with Crippen LogP contribution in [0.4, 0.5) is 0 Å². The molecule has 0 spiro atoms. The first-order chi connectivity index (χ1) is 18.6. The number of hydrogen-bond donors (Lipinski definition) is 3. The molecule has 3 N–H and O–H groups in total. The van der Waals surface area contributed by atoms with E-state index >= 15 is 0 Å². The van der Waals surface area contributed by atoms with Crippen LogP contribution in [-0.2, 0) is 26.2 Å². The first-order valence-electron chi connectivity index (χ1n) is 13.5. The smallest absolute Gasteiger partial charge is 0.254 e. The second kappa shape index (κ2) is 12.7. The Balaban J connectivity index is 1.10. The molecule has 0 atom stereocenters. The molecule has 2 heterocycles. The predicted octanol–water partition coefficient (Wildman–Crippen LogP) is 4.51. The number of rotatable bonds is 11. The van der Waals surface area contributed by atoms with Crippen molar-refractivity contribution in [1.29, 1.82) is 0 Å². The van der Waals surface area contributed by atoms with Gasteiger partial charge in [-0.25, -0.2) is 9.97 Å². The van der Waals surface area contributed by atoms with E-state index in [2.05, 4.69) is 79.7 Å². The first kappa shape index (κ1) is 25.9. The van der Waals surface area contributed by atoms with Crippen molar-refractivity contribution in [2.45, 2.75) is 63.9 Å². The van der Waals surface area contributed by atoms with E-state index in [4.69, 9.17) is 0 Å². The van der Waals surface area contributed by atoms with Gasteiger partial charge in [0.05, 0.1) is 13.1 Å². The summed E-state index contributed by atoms with van der Waals surface area (Å²) in [6.45, 7) is 2.60. The lowest BCUT2D eigenvalue weighted by atomic mass is 9.90. The van der Waals surface area contributed by atoms with Crippen LogP contribution in [0.5, 0.6) is 0 Å². The van der Waals surface area contributed by atoms with E-state index in [0.29, 0.717) is 30.7 Å². The lowest BCUT2D eigenvalue weighted by Gasteiger charge is -2.35. The zero-order valence-corrected chi connectivity index (χ0v) is 22.0. The van der Waals surface area contributed by atoms with Crippen LogP contribution in [0.25, 0.3) is 0 Å². The molecule has 5 rings (SSSR count). The van der Waals surface area contributed by atoms with Gasteiger partial charge in [-0.3, -0.25) is 9.69 Å². The topological polar surface area (TPSA) is 92.9 Å². The van der Waals surface area contributed by atoms with Crippen molar-refractivity contribution < 1.29 is 4.79 Å². The number of aromatic nitrogens is 4. The van der Waals surface area contributed by atoms with Gasteiger partial charge in [0.25, 0.3) is 5.91 Å². The van der Waals surface area contributed by atoms with Crippen LogP contribution in [-0.4, -0.2) is 54.8 Å². The summed E-state index contributed by atoms with van der Waals surface area (Å²) >= 11 is 0. The number of carbonyl (C=O) groups excluding carboxylic acids is 1. The summed E-state index contributed by atoms with van der Waals surface area (Å²) in [5.41, 5.74) is 3.23. The minimum Gasteiger partial charge on any atom is -0.347 e. The highest BCUT2D eigenvalue weighted by molar-refractivity contribution is 5.94. The summed E-state index contributed by atoms with van der Waals surface area (Å²) < 4.78 is 0. The minimum absolute atomic E-state index is 0.0461. The van der Waals surface area contributed by atoms with E-state index < -0.39 is 0 Å². The Morgan fingerprint density at radius 1 is 0.842 bits per heavy atom. The predicted molar refractivity (Wildman–Crippen MR) is 148 cm³/mol. The molecule has 8 nitrogen and oxygen atoms in total. The molecule has 1 amide bonds. The van der Waals surface area contributed by atoms with Gasteiger partial charge in [-0.05, 0) is 56.0 Å². The maximum absolute atomic E-state index is 13.3. The van der Waals surface area contributed by atoms with Crippen molar-refractivity contribution in [3.8, 4) is 0 Å². The summed E-state index contributed by atoms with van der Waals surface area (Å²) in [4.78, 5) is 32.3. The molecular formula is C30H37N7O. The lowest BCUT2D eigenvalue weighted by molar-refractivity contribution is 0.0721. The number of H-pyrrole nitrogens is 2. The van der Waals surface area contributed by atoms with Crippen LogP contribution < -0.4 is 5.32 Å². The van der Waals surface area contributed by atoms with E-state index in [1.54, 1.807) is 29.7 Å². The Kier molecular flexibility index (Phi) is 8.63. The highest BCUT2D eigenvalue weighted by Gasteiger charge is 2.24. The SMILES string of the molecule is CN(Cc1ccccc1)C1CCC(NCc2ccc(C(=O)N(Cc3ncc[nH]3)Cc3ncc[nH]3)cc2)CC1. The molecule has 0 radical (unpaired) electrons. The van der Waals surface area contributed by atoms with Gasteiger partial charge in [0, 0.05) is 55.5 Å². The molecule has 0 saturated heterocycles. The van der Waals surface area contributed by atoms with Crippen LogP contribution in [0.3, 0.4) is 0 Å². The van der Waals surface area contributed by atoms with E-state index in [9.17, 15) is 4.79 Å². The number of amides is 1. The van der Waals surface area contributed by atoms with Crippen molar-refractivity contribution in [3.05, 3.63) is 108 Å². The molecule has 38 heavy (non-hydrogen) atoms. The number of hydrogen-bond acceptors (Lipinski definition) is 5. The fourth-order valence-corrected chi connectivity index (χ4v) is 5.26. The van der Waals surface area contributed by atoms with Gasteiger partial charge >= 0.3 is 0 Å². The Bertz CT molecular complexity index is 1200. The van der Waals surface area contributed by atoms with Gasteiger partial charge in [0.15, 0.2) is 0 Å². The Hall–Kier alpha value is -3.75. The molecule has 0 bridgehead atoms. The quantitative estimate of drug-likeness (QED) is 0.276. The summed E-state index contributed by atoms with van der Waals surface area (Å²) in [5, 5.41) is 3.74. The summed E-state index contributed by atoms with van der Waals surface area (Å²) in [5.74, 6) is 1.44. The molecule has 198 valence electrons. The average molecular weight is 512 g/mol. The van der Waals surface area contributed by atoms with Crippen LogP contribution in [0.15, 0.2) is 79.4 Å². The molecule has 1 fully saturated rings. The molecule has 2 aromatic heterocycles. The summed E-state index contributed by atoms with van der Waals surface area (Å²) in [6.07, 6.45) is 11.7. The van der Waals surface area contributed by atoms with E-state index in [1.165, 1.54) is 36.8 Å². The van der Waals surface area contributed by atoms with Crippen molar-refractivity contribution in [3.63, 3.8) is 0 Å². The fourth-order valence-electron chi connectivity index (χ4n) is 5.26. The average Bonchev–Trinajstić information content (AvgIpc) is 3.67. The van der Waals surface area contributed by atoms with E-state index in [-0.39, 0.29) is 5.91 Å². The molecule has 1 aliphatic rings. The van der Waals surface area contributed by atoms with E-state index in [0.717, 1.165) is 24.7 Å².